The zero-order valence-corrected chi connectivity index (χ0v) is 17.2. The standard InChI is InChI=1S/C23H28ClN3O/c1-2-3-4-5-6-9-16-27-21-11-8-7-10-20(21)26-22(27)17-25-23(28)18-12-14-19(24)15-13-18/h7-8,10-15H,2-6,9,16-17H2,1H3,(H,25,28). The van der Waals surface area contributed by atoms with Crippen LogP contribution in [-0.2, 0) is 13.1 Å². The number of unbranched alkanes of at least 4 members (excludes halogenated alkanes) is 5. The topological polar surface area (TPSA) is 46.9 Å². The summed E-state index contributed by atoms with van der Waals surface area (Å²) in [7, 11) is 0. The molecule has 0 radical (unpaired) electrons. The number of benzene rings is 2. The highest BCUT2D eigenvalue weighted by Gasteiger charge is 2.12. The molecule has 1 amide bonds. The number of hydrogen-bond donors (Lipinski definition) is 1. The maximum atomic E-state index is 12.4. The van der Waals surface area contributed by atoms with Crippen molar-refractivity contribution in [1.82, 2.24) is 14.9 Å². The van der Waals surface area contributed by atoms with Gasteiger partial charge in [-0.05, 0) is 42.8 Å². The summed E-state index contributed by atoms with van der Waals surface area (Å²) >= 11 is 5.90. The lowest BCUT2D eigenvalue weighted by Gasteiger charge is -2.10. The number of rotatable bonds is 10. The highest BCUT2D eigenvalue weighted by atomic mass is 35.5. The van der Waals surface area contributed by atoms with Gasteiger partial charge in [0, 0.05) is 17.1 Å². The first kappa shape index (κ1) is 20.4. The summed E-state index contributed by atoms with van der Waals surface area (Å²) in [5.74, 6) is 0.784. The first-order chi connectivity index (χ1) is 13.7. The number of nitrogens with one attached hydrogen (secondary N) is 1. The minimum Gasteiger partial charge on any atom is -0.345 e. The van der Waals surface area contributed by atoms with Gasteiger partial charge in [0.2, 0.25) is 0 Å². The van der Waals surface area contributed by atoms with E-state index in [1.54, 1.807) is 24.3 Å². The Bertz CT molecular complexity index is 902. The molecule has 4 nitrogen and oxygen atoms in total. The van der Waals surface area contributed by atoms with Crippen LogP contribution in [0.3, 0.4) is 0 Å². The molecule has 0 saturated carbocycles. The molecular formula is C23H28ClN3O. The van der Waals surface area contributed by atoms with Crippen LogP contribution in [0.2, 0.25) is 5.02 Å². The minimum atomic E-state index is -0.116. The number of carbonyl (C=O) groups excluding carboxylic acids is 1. The third-order valence-corrected chi connectivity index (χ3v) is 5.23. The first-order valence-corrected chi connectivity index (χ1v) is 10.5. The summed E-state index contributed by atoms with van der Waals surface area (Å²) in [6.45, 7) is 3.58. The Kier molecular flexibility index (Phi) is 7.49. The van der Waals surface area contributed by atoms with E-state index in [0.29, 0.717) is 17.1 Å². The lowest BCUT2D eigenvalue weighted by Crippen LogP contribution is -2.24. The fourth-order valence-electron chi connectivity index (χ4n) is 3.42. The zero-order chi connectivity index (χ0) is 19.8. The van der Waals surface area contributed by atoms with E-state index in [4.69, 9.17) is 16.6 Å². The number of halogens is 1. The van der Waals surface area contributed by atoms with Gasteiger partial charge in [0.15, 0.2) is 0 Å². The molecule has 3 rings (SSSR count). The van der Waals surface area contributed by atoms with Gasteiger partial charge in [-0.15, -0.1) is 0 Å². The number of aryl methyl sites for hydroxylation is 1. The van der Waals surface area contributed by atoms with Crippen LogP contribution >= 0.6 is 11.6 Å². The van der Waals surface area contributed by atoms with Gasteiger partial charge in [0.1, 0.15) is 5.82 Å². The molecule has 0 bridgehead atoms. The quantitative estimate of drug-likeness (QED) is 0.427. The van der Waals surface area contributed by atoms with Gasteiger partial charge >= 0.3 is 0 Å². The molecule has 0 fully saturated rings. The molecule has 148 valence electrons. The molecule has 0 aliphatic rings. The van der Waals surface area contributed by atoms with Crippen LogP contribution in [0.4, 0.5) is 0 Å². The van der Waals surface area contributed by atoms with Crippen molar-refractivity contribution in [1.29, 1.82) is 0 Å². The molecule has 0 aliphatic carbocycles. The van der Waals surface area contributed by atoms with Gasteiger partial charge in [-0.3, -0.25) is 4.79 Å². The molecule has 1 N–H and O–H groups in total. The van der Waals surface area contributed by atoms with E-state index in [0.717, 1.165) is 29.8 Å². The molecule has 0 saturated heterocycles. The van der Waals surface area contributed by atoms with Crippen molar-refractivity contribution >= 4 is 28.5 Å². The molecule has 0 atom stereocenters. The molecule has 5 heteroatoms. The number of aromatic nitrogens is 2. The second-order valence-electron chi connectivity index (χ2n) is 7.13. The molecule has 28 heavy (non-hydrogen) atoms. The molecular weight excluding hydrogens is 370 g/mol. The van der Waals surface area contributed by atoms with Crippen molar-refractivity contribution in [3.63, 3.8) is 0 Å². The molecule has 2 aromatic carbocycles. The Balaban J connectivity index is 1.66. The van der Waals surface area contributed by atoms with Crippen molar-refractivity contribution in [3.8, 4) is 0 Å². The van der Waals surface area contributed by atoms with Crippen LogP contribution in [0.1, 0.15) is 61.6 Å². The van der Waals surface area contributed by atoms with Crippen molar-refractivity contribution < 1.29 is 4.79 Å². The summed E-state index contributed by atoms with van der Waals surface area (Å²) in [6, 6.07) is 15.1. The minimum absolute atomic E-state index is 0.116. The number of imidazole rings is 1. The summed E-state index contributed by atoms with van der Waals surface area (Å²) in [4.78, 5) is 17.2. The molecule has 3 aromatic rings. The molecule has 1 heterocycles. The van der Waals surface area contributed by atoms with Gasteiger partial charge in [-0.25, -0.2) is 4.98 Å². The van der Waals surface area contributed by atoms with E-state index in [1.165, 1.54) is 32.1 Å². The Labute approximate surface area is 171 Å². The van der Waals surface area contributed by atoms with Crippen LogP contribution in [0.25, 0.3) is 11.0 Å². The zero-order valence-electron chi connectivity index (χ0n) is 16.5. The highest BCUT2D eigenvalue weighted by molar-refractivity contribution is 6.30. The summed E-state index contributed by atoms with van der Waals surface area (Å²) in [5.41, 5.74) is 2.71. The highest BCUT2D eigenvalue weighted by Crippen LogP contribution is 2.18. The predicted molar refractivity (Wildman–Crippen MR) is 116 cm³/mol. The number of hydrogen-bond acceptors (Lipinski definition) is 2. The van der Waals surface area contributed by atoms with E-state index in [9.17, 15) is 4.79 Å². The van der Waals surface area contributed by atoms with Crippen LogP contribution in [0, 0.1) is 0 Å². The number of nitrogens with zero attached hydrogens (tertiary/aromatic N) is 2. The Morgan fingerprint density at radius 2 is 1.71 bits per heavy atom. The smallest absolute Gasteiger partial charge is 0.251 e. The van der Waals surface area contributed by atoms with Gasteiger partial charge in [-0.2, -0.15) is 0 Å². The maximum absolute atomic E-state index is 12.4. The number of amides is 1. The van der Waals surface area contributed by atoms with Gasteiger partial charge in [-0.1, -0.05) is 62.8 Å². The van der Waals surface area contributed by atoms with Crippen LogP contribution < -0.4 is 5.32 Å². The molecule has 0 unspecified atom stereocenters. The summed E-state index contributed by atoms with van der Waals surface area (Å²) < 4.78 is 2.25. The van der Waals surface area contributed by atoms with Gasteiger partial charge in [0.05, 0.1) is 17.6 Å². The average Bonchev–Trinajstić information content (AvgIpc) is 3.07. The Morgan fingerprint density at radius 3 is 2.50 bits per heavy atom. The third-order valence-electron chi connectivity index (χ3n) is 4.98. The van der Waals surface area contributed by atoms with Crippen LogP contribution in [-0.4, -0.2) is 15.5 Å². The normalized spacial score (nSPS) is 11.1. The number of fused-ring (bicyclic) bond motifs is 1. The summed E-state index contributed by atoms with van der Waals surface area (Å²) in [6.07, 6.45) is 7.53. The van der Waals surface area contributed by atoms with Crippen molar-refractivity contribution in [2.45, 2.75) is 58.5 Å². The van der Waals surface area contributed by atoms with Crippen molar-refractivity contribution in [2.24, 2.45) is 0 Å². The maximum Gasteiger partial charge on any atom is 0.251 e. The van der Waals surface area contributed by atoms with Crippen LogP contribution in [0.5, 0.6) is 0 Å². The second-order valence-corrected chi connectivity index (χ2v) is 7.56. The van der Waals surface area contributed by atoms with Crippen LogP contribution in [0.15, 0.2) is 48.5 Å². The SMILES string of the molecule is CCCCCCCCn1c(CNC(=O)c2ccc(Cl)cc2)nc2ccccc21. The fraction of sp³-hybridized carbons (Fsp3) is 0.391. The monoisotopic (exact) mass is 397 g/mol. The molecule has 0 aliphatic heterocycles. The number of para-hydroxylation sites is 2. The van der Waals surface area contributed by atoms with Crippen molar-refractivity contribution in [3.05, 3.63) is 64.9 Å². The number of carbonyl (C=O) groups is 1. The van der Waals surface area contributed by atoms with E-state index in [2.05, 4.69) is 22.9 Å². The third kappa shape index (κ3) is 5.35. The van der Waals surface area contributed by atoms with Gasteiger partial charge < -0.3 is 9.88 Å². The lowest BCUT2D eigenvalue weighted by atomic mass is 10.1. The van der Waals surface area contributed by atoms with E-state index >= 15 is 0 Å². The molecule has 0 spiro atoms. The Hall–Kier alpha value is -2.33. The largest absolute Gasteiger partial charge is 0.345 e. The first-order valence-electron chi connectivity index (χ1n) is 10.2. The van der Waals surface area contributed by atoms with E-state index in [1.807, 2.05) is 18.2 Å². The van der Waals surface area contributed by atoms with E-state index in [-0.39, 0.29) is 5.91 Å². The second kappa shape index (κ2) is 10.3. The van der Waals surface area contributed by atoms with Crippen molar-refractivity contribution in [2.75, 3.05) is 0 Å². The predicted octanol–water partition coefficient (Wildman–Crippen LogP) is 5.98. The molecule has 1 aromatic heterocycles. The Morgan fingerprint density at radius 1 is 1.00 bits per heavy atom. The lowest BCUT2D eigenvalue weighted by molar-refractivity contribution is 0.0949. The average molecular weight is 398 g/mol. The van der Waals surface area contributed by atoms with Gasteiger partial charge in [0.25, 0.3) is 5.91 Å². The van der Waals surface area contributed by atoms with E-state index < -0.39 is 0 Å². The summed E-state index contributed by atoms with van der Waals surface area (Å²) in [5, 5.41) is 3.61. The fourth-order valence-corrected chi connectivity index (χ4v) is 3.55.